The molecule has 0 saturated carbocycles. The van der Waals surface area contributed by atoms with Gasteiger partial charge >= 0.3 is 5.97 Å². The number of hydrogen-bond donors (Lipinski definition) is 1. The van der Waals surface area contributed by atoms with Crippen LogP contribution in [0.3, 0.4) is 0 Å². The van der Waals surface area contributed by atoms with E-state index in [1.165, 1.54) is 11.1 Å². The van der Waals surface area contributed by atoms with Gasteiger partial charge in [-0.2, -0.15) is 5.10 Å². The second-order valence-corrected chi connectivity index (χ2v) is 6.32. The second-order valence-electron chi connectivity index (χ2n) is 5.88. The van der Waals surface area contributed by atoms with Crippen molar-refractivity contribution in [3.05, 3.63) is 46.7 Å². The molecule has 1 fully saturated rings. The lowest BCUT2D eigenvalue weighted by Crippen LogP contribution is -2.48. The van der Waals surface area contributed by atoms with E-state index in [0.717, 1.165) is 18.5 Å². The Morgan fingerprint density at radius 2 is 1.96 bits per heavy atom. The van der Waals surface area contributed by atoms with Crippen LogP contribution in [0.1, 0.15) is 35.3 Å². The number of rotatable bonds is 3. The lowest BCUT2D eigenvalue weighted by molar-refractivity contribution is -0.143. The summed E-state index contributed by atoms with van der Waals surface area (Å²) in [6.45, 7) is 2.26. The zero-order valence-corrected chi connectivity index (χ0v) is 14.0. The standard InChI is InChI=1S/C17H18ClN3O3/c1-11-14(10-19-21(11)13-7-5-12(18)6-8-13)16(22)20-9-3-2-4-15(20)17(23)24/h5-8,10,15H,2-4,9H2,1H3,(H,23,24)/t15-/m1/s1. The molecule has 24 heavy (non-hydrogen) atoms. The summed E-state index contributed by atoms with van der Waals surface area (Å²) >= 11 is 5.90. The smallest absolute Gasteiger partial charge is 0.326 e. The Labute approximate surface area is 144 Å². The zero-order valence-electron chi connectivity index (χ0n) is 13.3. The summed E-state index contributed by atoms with van der Waals surface area (Å²) in [6, 6.07) is 6.38. The van der Waals surface area contributed by atoms with Gasteiger partial charge in [0, 0.05) is 11.6 Å². The van der Waals surface area contributed by atoms with Crippen molar-refractivity contribution >= 4 is 23.5 Å². The van der Waals surface area contributed by atoms with Crippen molar-refractivity contribution in [2.24, 2.45) is 0 Å². The third kappa shape index (κ3) is 3.01. The highest BCUT2D eigenvalue weighted by Crippen LogP contribution is 2.23. The summed E-state index contributed by atoms with van der Waals surface area (Å²) in [5, 5.41) is 14.3. The van der Waals surface area contributed by atoms with Gasteiger partial charge in [0.2, 0.25) is 0 Å². The molecule has 2 heterocycles. The monoisotopic (exact) mass is 347 g/mol. The van der Waals surface area contributed by atoms with Crippen LogP contribution in [0.2, 0.25) is 5.02 Å². The van der Waals surface area contributed by atoms with Crippen molar-refractivity contribution in [1.29, 1.82) is 0 Å². The lowest BCUT2D eigenvalue weighted by Gasteiger charge is -2.32. The van der Waals surface area contributed by atoms with Crippen LogP contribution in [-0.4, -0.2) is 44.3 Å². The predicted molar refractivity (Wildman–Crippen MR) is 89.6 cm³/mol. The maximum absolute atomic E-state index is 12.8. The molecule has 1 atom stereocenters. The van der Waals surface area contributed by atoms with E-state index in [9.17, 15) is 14.7 Å². The molecule has 0 bridgehead atoms. The number of carboxylic acid groups (broad SMARTS) is 1. The topological polar surface area (TPSA) is 75.4 Å². The van der Waals surface area contributed by atoms with Crippen LogP contribution in [0, 0.1) is 6.92 Å². The van der Waals surface area contributed by atoms with Crippen LogP contribution in [0.4, 0.5) is 0 Å². The minimum absolute atomic E-state index is 0.278. The van der Waals surface area contributed by atoms with Gasteiger partial charge in [-0.3, -0.25) is 4.79 Å². The highest BCUT2D eigenvalue weighted by Gasteiger charge is 2.33. The Bertz CT molecular complexity index is 770. The fourth-order valence-corrected chi connectivity index (χ4v) is 3.17. The van der Waals surface area contributed by atoms with Gasteiger partial charge in [-0.15, -0.1) is 0 Å². The molecule has 7 heteroatoms. The molecule has 1 aliphatic rings. The molecule has 3 rings (SSSR count). The molecule has 2 aromatic rings. The normalized spacial score (nSPS) is 17.8. The largest absolute Gasteiger partial charge is 0.480 e. The predicted octanol–water partition coefficient (Wildman–Crippen LogP) is 2.91. The number of amides is 1. The number of likely N-dealkylation sites (tertiary alicyclic amines) is 1. The van der Waals surface area contributed by atoms with Gasteiger partial charge in [0.1, 0.15) is 6.04 Å². The number of carboxylic acids is 1. The minimum atomic E-state index is -0.953. The summed E-state index contributed by atoms with van der Waals surface area (Å²) in [4.78, 5) is 25.7. The van der Waals surface area contributed by atoms with Gasteiger partial charge in [-0.25, -0.2) is 9.48 Å². The van der Waals surface area contributed by atoms with Gasteiger partial charge in [0.25, 0.3) is 5.91 Å². The first-order valence-corrected chi connectivity index (χ1v) is 8.21. The van der Waals surface area contributed by atoms with Crippen LogP contribution >= 0.6 is 11.6 Å². The van der Waals surface area contributed by atoms with E-state index in [2.05, 4.69) is 5.10 Å². The number of aromatic nitrogens is 2. The summed E-state index contributed by atoms with van der Waals surface area (Å²) in [7, 11) is 0. The van der Waals surface area contributed by atoms with Crippen LogP contribution in [0.25, 0.3) is 5.69 Å². The van der Waals surface area contributed by atoms with Crippen LogP contribution in [0.5, 0.6) is 0 Å². The molecule has 126 valence electrons. The number of carbonyl (C=O) groups is 2. The summed E-state index contributed by atoms with van der Waals surface area (Å²) < 4.78 is 1.66. The number of hydrogen-bond acceptors (Lipinski definition) is 3. The van der Waals surface area contributed by atoms with Crippen LogP contribution < -0.4 is 0 Å². The average molecular weight is 348 g/mol. The molecule has 6 nitrogen and oxygen atoms in total. The van der Waals surface area contributed by atoms with E-state index in [-0.39, 0.29) is 5.91 Å². The van der Waals surface area contributed by atoms with Gasteiger partial charge in [-0.1, -0.05) is 11.6 Å². The molecule has 1 aliphatic heterocycles. The molecular formula is C17H18ClN3O3. The van der Waals surface area contributed by atoms with Crippen molar-refractivity contribution in [2.75, 3.05) is 6.54 Å². The van der Waals surface area contributed by atoms with Gasteiger partial charge < -0.3 is 10.0 Å². The van der Waals surface area contributed by atoms with E-state index in [4.69, 9.17) is 11.6 Å². The highest BCUT2D eigenvalue weighted by molar-refractivity contribution is 6.30. The molecule has 0 radical (unpaired) electrons. The number of benzene rings is 1. The first kappa shape index (κ1) is 16.5. The molecule has 1 aromatic heterocycles. The number of nitrogens with zero attached hydrogens (tertiary/aromatic N) is 3. The van der Waals surface area contributed by atoms with E-state index in [1.807, 2.05) is 12.1 Å². The van der Waals surface area contributed by atoms with E-state index in [0.29, 0.717) is 29.2 Å². The summed E-state index contributed by atoms with van der Waals surface area (Å²) in [5.74, 6) is -1.23. The fraction of sp³-hybridized carbons (Fsp3) is 0.353. The van der Waals surface area contributed by atoms with Crippen molar-refractivity contribution in [3.8, 4) is 5.69 Å². The van der Waals surface area contributed by atoms with E-state index >= 15 is 0 Å². The van der Waals surface area contributed by atoms with Crippen LogP contribution in [-0.2, 0) is 4.79 Å². The second kappa shape index (κ2) is 6.65. The fourth-order valence-electron chi connectivity index (χ4n) is 3.05. The van der Waals surface area contributed by atoms with Gasteiger partial charge in [-0.05, 0) is 50.5 Å². The zero-order chi connectivity index (χ0) is 17.3. The van der Waals surface area contributed by atoms with Crippen molar-refractivity contribution < 1.29 is 14.7 Å². The van der Waals surface area contributed by atoms with E-state index < -0.39 is 12.0 Å². The number of aliphatic carboxylic acids is 1. The van der Waals surface area contributed by atoms with Crippen molar-refractivity contribution in [2.45, 2.75) is 32.2 Å². The Balaban J connectivity index is 1.91. The minimum Gasteiger partial charge on any atom is -0.480 e. The quantitative estimate of drug-likeness (QED) is 0.926. The SMILES string of the molecule is Cc1c(C(=O)N2CCCC[C@@H]2C(=O)O)cnn1-c1ccc(Cl)cc1. The molecule has 0 spiro atoms. The molecule has 1 amide bonds. The molecule has 0 unspecified atom stereocenters. The van der Waals surface area contributed by atoms with Gasteiger partial charge in [0.15, 0.2) is 0 Å². The maximum atomic E-state index is 12.8. The Kier molecular flexibility index (Phi) is 4.57. The van der Waals surface area contributed by atoms with Crippen LogP contribution in [0.15, 0.2) is 30.5 Å². The number of carbonyl (C=O) groups excluding carboxylic acids is 1. The third-order valence-electron chi connectivity index (χ3n) is 4.36. The average Bonchev–Trinajstić information content (AvgIpc) is 2.96. The highest BCUT2D eigenvalue weighted by atomic mass is 35.5. The van der Waals surface area contributed by atoms with Gasteiger partial charge in [0.05, 0.1) is 23.1 Å². The summed E-state index contributed by atoms with van der Waals surface area (Å²) in [5.41, 5.74) is 1.90. The maximum Gasteiger partial charge on any atom is 0.326 e. The van der Waals surface area contributed by atoms with Crippen molar-refractivity contribution in [3.63, 3.8) is 0 Å². The third-order valence-corrected chi connectivity index (χ3v) is 4.61. The first-order valence-electron chi connectivity index (χ1n) is 7.83. The van der Waals surface area contributed by atoms with E-state index in [1.54, 1.807) is 23.7 Å². The Hall–Kier alpha value is -2.34. The number of halogens is 1. The molecular weight excluding hydrogens is 330 g/mol. The Morgan fingerprint density at radius 1 is 1.25 bits per heavy atom. The molecule has 0 aliphatic carbocycles. The summed E-state index contributed by atoms with van der Waals surface area (Å²) in [6.07, 6.45) is 3.63. The lowest BCUT2D eigenvalue weighted by atomic mass is 10.0. The Morgan fingerprint density at radius 3 is 2.62 bits per heavy atom. The molecule has 1 aromatic carbocycles. The first-order chi connectivity index (χ1) is 11.5. The molecule has 1 N–H and O–H groups in total. The molecule has 1 saturated heterocycles. The van der Waals surface area contributed by atoms with Crippen molar-refractivity contribution in [1.82, 2.24) is 14.7 Å². The number of piperidine rings is 1.